The van der Waals surface area contributed by atoms with Crippen molar-refractivity contribution in [1.29, 1.82) is 0 Å². The van der Waals surface area contributed by atoms with Gasteiger partial charge in [-0.1, -0.05) is 53.0 Å². The van der Waals surface area contributed by atoms with Gasteiger partial charge < -0.3 is 20.1 Å². The zero-order valence-corrected chi connectivity index (χ0v) is 21.9. The van der Waals surface area contributed by atoms with Crippen molar-refractivity contribution in [3.05, 3.63) is 90.9 Å². The van der Waals surface area contributed by atoms with Gasteiger partial charge in [-0.05, 0) is 36.8 Å². The third-order valence-corrected chi connectivity index (χ3v) is 5.77. The van der Waals surface area contributed by atoms with Crippen LogP contribution >= 0.6 is 47.2 Å². The molecule has 0 aromatic heterocycles. The Hall–Kier alpha value is -2.42. The van der Waals surface area contributed by atoms with E-state index in [1.165, 1.54) is 12.1 Å². The van der Waals surface area contributed by atoms with Gasteiger partial charge in [-0.2, -0.15) is 0 Å². The Kier molecular flexibility index (Phi) is 11.7. The summed E-state index contributed by atoms with van der Waals surface area (Å²) in [5.74, 6) is 1.04. The summed E-state index contributed by atoms with van der Waals surface area (Å²) in [4.78, 5) is 10.3. The van der Waals surface area contributed by atoms with E-state index in [9.17, 15) is 10.1 Å². The molecule has 3 aromatic carbocycles. The molecule has 0 spiro atoms. The van der Waals surface area contributed by atoms with Crippen molar-refractivity contribution in [3.63, 3.8) is 0 Å². The molecule has 3 rings (SSSR count). The third-order valence-electron chi connectivity index (χ3n) is 4.81. The number of halogens is 4. The van der Waals surface area contributed by atoms with E-state index in [4.69, 9.17) is 44.3 Å². The highest BCUT2D eigenvalue weighted by atomic mass is 35.5. The SMILES string of the molecule is CCOc1cc(CNCCNc2ccc([N+](=O)[O-])cc2Cl)cc(Cl)c1OCc1ccccc1Cl.Cl. The summed E-state index contributed by atoms with van der Waals surface area (Å²) in [6.45, 7) is 4.39. The fourth-order valence-corrected chi connectivity index (χ4v) is 3.89. The second-order valence-electron chi connectivity index (χ2n) is 7.24. The van der Waals surface area contributed by atoms with E-state index >= 15 is 0 Å². The van der Waals surface area contributed by atoms with Crippen molar-refractivity contribution in [3.8, 4) is 11.5 Å². The lowest BCUT2D eigenvalue weighted by molar-refractivity contribution is -0.384. The maximum absolute atomic E-state index is 10.8. The van der Waals surface area contributed by atoms with Gasteiger partial charge in [0.25, 0.3) is 5.69 Å². The number of nitrogens with one attached hydrogen (secondary N) is 2. The lowest BCUT2D eigenvalue weighted by Crippen LogP contribution is -2.22. The Morgan fingerprint density at radius 3 is 2.40 bits per heavy atom. The van der Waals surface area contributed by atoms with Gasteiger partial charge in [0.1, 0.15) is 6.61 Å². The van der Waals surface area contributed by atoms with Crippen molar-refractivity contribution in [2.45, 2.75) is 20.1 Å². The van der Waals surface area contributed by atoms with Crippen molar-refractivity contribution in [2.24, 2.45) is 0 Å². The standard InChI is InChI=1S/C24H24Cl3N3O4.ClH/c1-2-33-23-12-16(11-21(27)24(23)34-15-17-5-3-4-6-19(17)25)14-28-9-10-29-22-8-7-18(30(31)32)13-20(22)26;/h3-8,11-13,28-29H,2,9-10,14-15H2,1H3;1H. The van der Waals surface area contributed by atoms with Crippen LogP contribution in [0.15, 0.2) is 54.6 Å². The number of ether oxygens (including phenoxy) is 2. The molecule has 0 bridgehead atoms. The highest BCUT2D eigenvalue weighted by Crippen LogP contribution is 2.37. The molecule has 0 fully saturated rings. The van der Waals surface area contributed by atoms with Crippen LogP contribution in [0.1, 0.15) is 18.1 Å². The molecule has 188 valence electrons. The van der Waals surface area contributed by atoms with Crippen molar-refractivity contribution in [2.75, 3.05) is 25.0 Å². The summed E-state index contributed by atoms with van der Waals surface area (Å²) < 4.78 is 11.7. The normalized spacial score (nSPS) is 10.4. The number of non-ortho nitro benzene ring substituents is 1. The predicted octanol–water partition coefficient (Wildman–Crippen LogP) is 7.16. The molecule has 35 heavy (non-hydrogen) atoms. The molecular formula is C24H25Cl4N3O4. The summed E-state index contributed by atoms with van der Waals surface area (Å²) in [7, 11) is 0. The monoisotopic (exact) mass is 559 g/mol. The van der Waals surface area contributed by atoms with Gasteiger partial charge >= 0.3 is 0 Å². The number of hydrogen-bond donors (Lipinski definition) is 2. The summed E-state index contributed by atoms with van der Waals surface area (Å²) in [6, 6.07) is 15.5. The second kappa shape index (κ2) is 14.2. The number of nitro groups is 1. The molecule has 0 aliphatic rings. The van der Waals surface area contributed by atoms with Gasteiger partial charge in [-0.15, -0.1) is 12.4 Å². The molecule has 11 heteroatoms. The Morgan fingerprint density at radius 2 is 1.71 bits per heavy atom. The van der Waals surface area contributed by atoms with E-state index in [2.05, 4.69) is 10.6 Å². The van der Waals surface area contributed by atoms with Crippen molar-refractivity contribution in [1.82, 2.24) is 5.32 Å². The molecular weight excluding hydrogens is 536 g/mol. The molecule has 7 nitrogen and oxygen atoms in total. The Labute approximate surface area is 225 Å². The fraction of sp³-hybridized carbons (Fsp3) is 0.250. The van der Waals surface area contributed by atoms with Crippen molar-refractivity contribution >= 4 is 58.6 Å². The maximum atomic E-state index is 10.8. The average Bonchev–Trinajstić information content (AvgIpc) is 2.80. The first-order chi connectivity index (χ1) is 16.4. The minimum atomic E-state index is -0.480. The highest BCUT2D eigenvalue weighted by molar-refractivity contribution is 6.33. The van der Waals surface area contributed by atoms with E-state index in [1.807, 2.05) is 43.3 Å². The van der Waals surface area contributed by atoms with Crippen LogP contribution in [0.5, 0.6) is 11.5 Å². The van der Waals surface area contributed by atoms with Gasteiger partial charge in [0.05, 0.1) is 27.3 Å². The van der Waals surface area contributed by atoms with E-state index < -0.39 is 4.92 Å². The molecule has 0 atom stereocenters. The third kappa shape index (κ3) is 8.33. The van der Waals surface area contributed by atoms with Crippen LogP contribution in [-0.4, -0.2) is 24.6 Å². The Balaban J connectivity index is 0.00000432. The molecule has 2 N–H and O–H groups in total. The number of nitrogens with zero attached hydrogens (tertiary/aromatic N) is 1. The minimum absolute atomic E-state index is 0. The summed E-state index contributed by atoms with van der Waals surface area (Å²) in [5.41, 5.74) is 2.38. The van der Waals surface area contributed by atoms with Gasteiger partial charge in [0, 0.05) is 42.4 Å². The lowest BCUT2D eigenvalue weighted by atomic mass is 10.2. The minimum Gasteiger partial charge on any atom is -0.490 e. The molecule has 0 heterocycles. The number of nitro benzene ring substituents is 1. The number of anilines is 1. The number of rotatable bonds is 12. The Bertz CT molecular complexity index is 1150. The summed E-state index contributed by atoms with van der Waals surface area (Å²) in [6.07, 6.45) is 0. The molecule has 0 saturated heterocycles. The molecule has 0 aliphatic carbocycles. The molecule has 0 unspecified atom stereocenters. The van der Waals surface area contributed by atoms with E-state index in [1.54, 1.807) is 6.07 Å². The largest absolute Gasteiger partial charge is 0.490 e. The summed E-state index contributed by atoms with van der Waals surface area (Å²) in [5, 5.41) is 18.7. The molecule has 0 amide bonds. The van der Waals surface area contributed by atoms with Gasteiger partial charge in [-0.3, -0.25) is 10.1 Å². The van der Waals surface area contributed by atoms with Crippen LogP contribution < -0.4 is 20.1 Å². The van der Waals surface area contributed by atoms with Crippen LogP contribution in [0, 0.1) is 10.1 Å². The van der Waals surface area contributed by atoms with E-state index in [-0.39, 0.29) is 24.7 Å². The molecule has 0 saturated carbocycles. The highest BCUT2D eigenvalue weighted by Gasteiger charge is 2.14. The summed E-state index contributed by atoms with van der Waals surface area (Å²) >= 11 is 18.8. The first kappa shape index (κ1) is 28.8. The van der Waals surface area contributed by atoms with Gasteiger partial charge in [0.2, 0.25) is 0 Å². The van der Waals surface area contributed by atoms with Crippen LogP contribution in [-0.2, 0) is 13.2 Å². The zero-order chi connectivity index (χ0) is 24.5. The topological polar surface area (TPSA) is 85.7 Å². The second-order valence-corrected chi connectivity index (χ2v) is 8.46. The lowest BCUT2D eigenvalue weighted by Gasteiger charge is -2.16. The van der Waals surface area contributed by atoms with Crippen LogP contribution in [0.3, 0.4) is 0 Å². The van der Waals surface area contributed by atoms with Crippen LogP contribution in [0.2, 0.25) is 15.1 Å². The smallest absolute Gasteiger partial charge is 0.271 e. The van der Waals surface area contributed by atoms with Gasteiger partial charge in [0.15, 0.2) is 11.5 Å². The van der Waals surface area contributed by atoms with Crippen LogP contribution in [0.25, 0.3) is 0 Å². The predicted molar refractivity (Wildman–Crippen MR) is 144 cm³/mol. The maximum Gasteiger partial charge on any atom is 0.271 e. The fourth-order valence-electron chi connectivity index (χ4n) is 3.17. The first-order valence-corrected chi connectivity index (χ1v) is 11.7. The molecule has 3 aromatic rings. The van der Waals surface area contributed by atoms with Gasteiger partial charge in [-0.25, -0.2) is 0 Å². The molecule has 0 aliphatic heterocycles. The van der Waals surface area contributed by atoms with E-state index in [0.29, 0.717) is 58.5 Å². The zero-order valence-electron chi connectivity index (χ0n) is 18.9. The first-order valence-electron chi connectivity index (χ1n) is 10.6. The van der Waals surface area contributed by atoms with Crippen molar-refractivity contribution < 1.29 is 14.4 Å². The van der Waals surface area contributed by atoms with E-state index in [0.717, 1.165) is 11.1 Å². The average molecular weight is 561 g/mol. The number of hydrogen-bond acceptors (Lipinski definition) is 6. The van der Waals surface area contributed by atoms with Crippen LogP contribution in [0.4, 0.5) is 11.4 Å². The molecule has 0 radical (unpaired) electrons. The number of benzene rings is 3. The quantitative estimate of drug-likeness (QED) is 0.139. The Morgan fingerprint density at radius 1 is 0.943 bits per heavy atom.